The lowest BCUT2D eigenvalue weighted by molar-refractivity contribution is -0.288. The van der Waals surface area contributed by atoms with Gasteiger partial charge in [0.1, 0.15) is 0 Å². The monoisotopic (exact) mass is 359 g/mol. The number of carbonyl (C=O) groups excluding carboxylic acids is 1. The number of hydrogen-bond acceptors (Lipinski definition) is 3. The molecule has 4 heteroatoms. The van der Waals surface area contributed by atoms with Gasteiger partial charge in [0, 0.05) is 18.8 Å². The Morgan fingerprint density at radius 3 is 1.92 bits per heavy atom. The summed E-state index contributed by atoms with van der Waals surface area (Å²) in [4.78, 5) is 11.4. The van der Waals surface area contributed by atoms with Gasteiger partial charge in [0.2, 0.25) is 0 Å². The zero-order valence-electron chi connectivity index (χ0n) is 16.3. The van der Waals surface area contributed by atoms with Gasteiger partial charge in [-0.3, -0.25) is 15.2 Å². The van der Waals surface area contributed by atoms with Crippen LogP contribution in [0.4, 0.5) is 0 Å². The molecule has 0 fully saturated rings. The molecule has 0 aliphatic carbocycles. The lowest BCUT2D eigenvalue weighted by Crippen LogP contribution is -2.30. The maximum Gasteiger partial charge on any atom is 0.276 e. The van der Waals surface area contributed by atoms with Gasteiger partial charge in [0.05, 0.1) is 12.8 Å². The van der Waals surface area contributed by atoms with Crippen molar-refractivity contribution in [3.63, 3.8) is 0 Å². The van der Waals surface area contributed by atoms with Gasteiger partial charge in [-0.2, -0.15) is 0 Å². The largest absolute Gasteiger partial charge is 0.276 e. The molecule has 0 aromatic carbocycles. The highest BCUT2D eigenvalue weighted by Crippen LogP contribution is 2.12. The Hall–Kier alpha value is -1.93. The summed E-state index contributed by atoms with van der Waals surface area (Å²) < 4.78 is 0. The van der Waals surface area contributed by atoms with Gasteiger partial charge in [0.25, 0.3) is 5.91 Å². The number of rotatable bonds is 10. The molecule has 2 N–H and O–H groups in total. The summed E-state index contributed by atoms with van der Waals surface area (Å²) in [5.74, 6) is 17.0. The third kappa shape index (κ3) is 14.4. The first kappa shape index (κ1) is 24.1. The van der Waals surface area contributed by atoms with Gasteiger partial charge < -0.3 is 0 Å². The highest BCUT2D eigenvalue weighted by atomic mass is 16.8. The first-order valence-electron chi connectivity index (χ1n) is 9.72. The minimum absolute atomic E-state index is 0.333. The standard InChI is InChI=1S/C22H33NO3/c1-3-5-6-7-8-9-10-11-12-13-14-15-16-17-18-19-20-21(4-2)22(24)23(25)26/h21,25-26H,3-10,13,16,19-20H2,1-2H3. The molecule has 0 saturated heterocycles. The maximum absolute atomic E-state index is 11.4. The average Bonchev–Trinajstić information content (AvgIpc) is 2.64. The van der Waals surface area contributed by atoms with Crippen LogP contribution in [-0.2, 0) is 4.79 Å². The zero-order valence-corrected chi connectivity index (χ0v) is 16.3. The van der Waals surface area contributed by atoms with Crippen molar-refractivity contribution < 1.29 is 15.2 Å². The molecule has 0 radical (unpaired) electrons. The third-order valence-corrected chi connectivity index (χ3v) is 4.04. The van der Waals surface area contributed by atoms with Crippen LogP contribution in [0.1, 0.15) is 90.9 Å². The first-order chi connectivity index (χ1) is 12.6. The molecule has 0 bridgehead atoms. The van der Waals surface area contributed by atoms with E-state index in [1.165, 1.54) is 38.5 Å². The quantitative estimate of drug-likeness (QED) is 0.251. The number of amides is 1. The summed E-state index contributed by atoms with van der Waals surface area (Å²) in [7, 11) is 0. The van der Waals surface area contributed by atoms with Crippen LogP contribution >= 0.6 is 0 Å². The molecular weight excluding hydrogens is 326 g/mol. The fourth-order valence-corrected chi connectivity index (χ4v) is 2.42. The van der Waals surface area contributed by atoms with E-state index in [4.69, 9.17) is 10.4 Å². The van der Waals surface area contributed by atoms with E-state index in [0.717, 1.165) is 6.42 Å². The summed E-state index contributed by atoms with van der Waals surface area (Å²) in [5, 5.41) is 17.1. The molecule has 0 aromatic rings. The van der Waals surface area contributed by atoms with Crippen molar-refractivity contribution in [3.05, 3.63) is 0 Å². The van der Waals surface area contributed by atoms with E-state index in [9.17, 15) is 4.79 Å². The Bertz CT molecular complexity index is 549. The summed E-state index contributed by atoms with van der Waals surface area (Å²) >= 11 is 0. The fourth-order valence-electron chi connectivity index (χ4n) is 2.42. The van der Waals surface area contributed by atoms with Crippen LogP contribution in [0.5, 0.6) is 0 Å². The fraction of sp³-hybridized carbons (Fsp3) is 0.682. The number of hydrogen-bond donors (Lipinski definition) is 2. The SMILES string of the molecule is CCCCCCCCC#CCC#CCC#CCCC(CC)C(=O)N(O)O. The molecule has 0 heterocycles. The van der Waals surface area contributed by atoms with Gasteiger partial charge in [0.15, 0.2) is 0 Å². The van der Waals surface area contributed by atoms with Crippen molar-refractivity contribution in [2.24, 2.45) is 5.92 Å². The van der Waals surface area contributed by atoms with E-state index >= 15 is 0 Å². The molecule has 1 unspecified atom stereocenters. The van der Waals surface area contributed by atoms with E-state index in [2.05, 4.69) is 42.4 Å². The molecule has 0 spiro atoms. The van der Waals surface area contributed by atoms with E-state index in [1.807, 2.05) is 6.92 Å². The van der Waals surface area contributed by atoms with Crippen molar-refractivity contribution in [1.82, 2.24) is 5.23 Å². The van der Waals surface area contributed by atoms with Crippen LogP contribution in [0.25, 0.3) is 0 Å². The van der Waals surface area contributed by atoms with E-state index < -0.39 is 11.8 Å². The van der Waals surface area contributed by atoms with Gasteiger partial charge in [-0.15, -0.1) is 11.8 Å². The van der Waals surface area contributed by atoms with Crippen molar-refractivity contribution in [3.8, 4) is 35.5 Å². The zero-order chi connectivity index (χ0) is 19.5. The van der Waals surface area contributed by atoms with Gasteiger partial charge in [-0.05, 0) is 19.3 Å². The number of hydroxylamine groups is 2. The predicted octanol–water partition coefficient (Wildman–Crippen LogP) is 4.94. The lowest BCUT2D eigenvalue weighted by Gasteiger charge is -2.14. The highest BCUT2D eigenvalue weighted by Gasteiger charge is 2.19. The number of nitrogens with zero attached hydrogens (tertiary/aromatic N) is 1. The second kappa shape index (κ2) is 17.9. The van der Waals surface area contributed by atoms with Crippen molar-refractivity contribution in [2.45, 2.75) is 90.9 Å². The second-order valence-electron chi connectivity index (χ2n) is 6.20. The number of unbranched alkanes of at least 4 members (excludes halogenated alkanes) is 6. The average molecular weight is 360 g/mol. The molecule has 0 aromatic heterocycles. The lowest BCUT2D eigenvalue weighted by atomic mass is 10.00. The van der Waals surface area contributed by atoms with Gasteiger partial charge in [-0.1, -0.05) is 74.9 Å². The Kier molecular flexibility index (Phi) is 16.6. The summed E-state index contributed by atoms with van der Waals surface area (Å²) in [6.45, 7) is 4.06. The molecule has 0 rings (SSSR count). The molecule has 4 nitrogen and oxygen atoms in total. The molecule has 0 aliphatic rings. The van der Waals surface area contributed by atoms with Crippen LogP contribution in [0.2, 0.25) is 0 Å². The van der Waals surface area contributed by atoms with Crippen LogP contribution in [-0.4, -0.2) is 21.5 Å². The first-order valence-corrected chi connectivity index (χ1v) is 9.72. The molecular formula is C22H33NO3. The van der Waals surface area contributed by atoms with E-state index in [1.54, 1.807) is 0 Å². The smallest absolute Gasteiger partial charge is 0.270 e. The molecule has 26 heavy (non-hydrogen) atoms. The van der Waals surface area contributed by atoms with Crippen molar-refractivity contribution >= 4 is 5.91 Å². The van der Waals surface area contributed by atoms with Crippen LogP contribution in [0, 0.1) is 41.4 Å². The normalized spacial score (nSPS) is 10.5. The minimum Gasteiger partial charge on any atom is -0.270 e. The van der Waals surface area contributed by atoms with E-state index in [-0.39, 0.29) is 5.23 Å². The highest BCUT2D eigenvalue weighted by molar-refractivity contribution is 5.76. The van der Waals surface area contributed by atoms with Crippen LogP contribution in [0.15, 0.2) is 0 Å². The summed E-state index contributed by atoms with van der Waals surface area (Å²) in [6.07, 6.45) is 11.4. The van der Waals surface area contributed by atoms with Gasteiger partial charge >= 0.3 is 0 Å². The van der Waals surface area contributed by atoms with E-state index in [0.29, 0.717) is 32.1 Å². The van der Waals surface area contributed by atoms with Crippen molar-refractivity contribution in [1.29, 1.82) is 0 Å². The molecule has 1 atom stereocenters. The Labute approximate surface area is 159 Å². The molecule has 0 aliphatic heterocycles. The summed E-state index contributed by atoms with van der Waals surface area (Å²) in [6, 6.07) is 0. The van der Waals surface area contributed by atoms with Crippen LogP contribution < -0.4 is 0 Å². The van der Waals surface area contributed by atoms with Gasteiger partial charge in [-0.25, -0.2) is 0 Å². The number of carbonyl (C=O) groups is 1. The minimum atomic E-state index is -0.686. The third-order valence-electron chi connectivity index (χ3n) is 4.04. The maximum atomic E-state index is 11.4. The molecule has 144 valence electrons. The van der Waals surface area contributed by atoms with Crippen LogP contribution in [0.3, 0.4) is 0 Å². The Balaban J connectivity index is 3.74. The molecule has 0 saturated carbocycles. The topological polar surface area (TPSA) is 60.8 Å². The predicted molar refractivity (Wildman–Crippen MR) is 104 cm³/mol. The second-order valence-corrected chi connectivity index (χ2v) is 6.20. The van der Waals surface area contributed by atoms with Crippen molar-refractivity contribution in [2.75, 3.05) is 0 Å². The molecule has 1 amide bonds. The summed E-state index contributed by atoms with van der Waals surface area (Å²) in [5.41, 5.74) is 0. The Morgan fingerprint density at radius 1 is 0.808 bits per heavy atom. The Morgan fingerprint density at radius 2 is 1.35 bits per heavy atom.